The van der Waals surface area contributed by atoms with Crippen molar-refractivity contribution in [2.24, 2.45) is 0 Å². The maximum atomic E-state index is 3.69. The minimum atomic E-state index is 0.484. The number of rotatable bonds is 7. The molecule has 2 nitrogen and oxygen atoms in total. The SMILES string of the molecule is CCCNC(CCN1CCCC1)c1cccc(Br)c1. The van der Waals surface area contributed by atoms with Crippen molar-refractivity contribution >= 4 is 15.9 Å². The van der Waals surface area contributed by atoms with Gasteiger partial charge in [-0.05, 0) is 69.6 Å². The molecule has 1 aromatic rings. The Morgan fingerprint density at radius 2 is 2.11 bits per heavy atom. The highest BCUT2D eigenvalue weighted by atomic mass is 79.9. The minimum absolute atomic E-state index is 0.484. The fourth-order valence-corrected chi connectivity index (χ4v) is 3.16. The van der Waals surface area contributed by atoms with E-state index in [-0.39, 0.29) is 0 Å². The second-order valence-corrected chi connectivity index (χ2v) is 6.31. The van der Waals surface area contributed by atoms with E-state index in [0.717, 1.165) is 6.54 Å². The second-order valence-electron chi connectivity index (χ2n) is 5.40. The topological polar surface area (TPSA) is 15.3 Å². The third-order valence-corrected chi connectivity index (χ3v) is 4.32. The zero-order chi connectivity index (χ0) is 13.5. The maximum Gasteiger partial charge on any atom is 0.0332 e. The number of likely N-dealkylation sites (tertiary alicyclic amines) is 1. The standard InChI is InChI=1S/C16H25BrN2/c1-2-9-18-16(8-12-19-10-3-4-11-19)14-6-5-7-15(17)13-14/h5-7,13,16,18H,2-4,8-12H2,1H3. The average Bonchev–Trinajstić information content (AvgIpc) is 2.92. The van der Waals surface area contributed by atoms with E-state index < -0.39 is 0 Å². The van der Waals surface area contributed by atoms with Gasteiger partial charge in [0.05, 0.1) is 0 Å². The van der Waals surface area contributed by atoms with Crippen LogP contribution in [0.5, 0.6) is 0 Å². The third kappa shape index (κ3) is 4.90. The van der Waals surface area contributed by atoms with Gasteiger partial charge in [-0.3, -0.25) is 0 Å². The molecule has 106 valence electrons. The largest absolute Gasteiger partial charge is 0.310 e. The van der Waals surface area contributed by atoms with Gasteiger partial charge in [0.25, 0.3) is 0 Å². The highest BCUT2D eigenvalue weighted by Gasteiger charge is 2.15. The summed E-state index contributed by atoms with van der Waals surface area (Å²) in [6.07, 6.45) is 5.15. The number of hydrogen-bond donors (Lipinski definition) is 1. The van der Waals surface area contributed by atoms with Gasteiger partial charge in [0.1, 0.15) is 0 Å². The lowest BCUT2D eigenvalue weighted by molar-refractivity contribution is 0.310. The molecule has 19 heavy (non-hydrogen) atoms. The predicted octanol–water partition coefficient (Wildman–Crippen LogP) is 3.98. The van der Waals surface area contributed by atoms with E-state index in [4.69, 9.17) is 0 Å². The minimum Gasteiger partial charge on any atom is -0.310 e. The highest BCUT2D eigenvalue weighted by Crippen LogP contribution is 2.22. The molecule has 1 fully saturated rings. The summed E-state index contributed by atoms with van der Waals surface area (Å²) in [5.74, 6) is 0. The summed E-state index contributed by atoms with van der Waals surface area (Å²) in [6, 6.07) is 9.20. The van der Waals surface area contributed by atoms with Gasteiger partial charge in [-0.15, -0.1) is 0 Å². The molecule has 0 bridgehead atoms. The van der Waals surface area contributed by atoms with E-state index in [1.165, 1.54) is 55.4 Å². The Labute approximate surface area is 125 Å². The van der Waals surface area contributed by atoms with Crippen LogP contribution in [0.25, 0.3) is 0 Å². The van der Waals surface area contributed by atoms with E-state index in [2.05, 4.69) is 57.3 Å². The molecule has 1 aliphatic rings. The number of hydrogen-bond acceptors (Lipinski definition) is 2. The fourth-order valence-electron chi connectivity index (χ4n) is 2.75. The first-order chi connectivity index (χ1) is 9.29. The van der Waals surface area contributed by atoms with Gasteiger partial charge < -0.3 is 10.2 Å². The van der Waals surface area contributed by atoms with Gasteiger partial charge in [0.15, 0.2) is 0 Å². The van der Waals surface area contributed by atoms with Crippen LogP contribution >= 0.6 is 15.9 Å². The van der Waals surface area contributed by atoms with Gasteiger partial charge in [-0.2, -0.15) is 0 Å². The maximum absolute atomic E-state index is 3.69. The smallest absolute Gasteiger partial charge is 0.0332 e. The van der Waals surface area contributed by atoms with Gasteiger partial charge in [-0.25, -0.2) is 0 Å². The normalized spacial score (nSPS) is 17.8. The van der Waals surface area contributed by atoms with Crippen LogP contribution in [-0.2, 0) is 0 Å². The second kappa shape index (κ2) is 8.03. The predicted molar refractivity (Wildman–Crippen MR) is 85.5 cm³/mol. The molecule has 1 aliphatic heterocycles. The lowest BCUT2D eigenvalue weighted by Crippen LogP contribution is -2.28. The molecule has 1 atom stereocenters. The molecule has 0 spiro atoms. The van der Waals surface area contributed by atoms with Crippen molar-refractivity contribution < 1.29 is 0 Å². The monoisotopic (exact) mass is 324 g/mol. The van der Waals surface area contributed by atoms with E-state index in [1.807, 2.05) is 0 Å². The zero-order valence-corrected chi connectivity index (χ0v) is 13.5. The summed E-state index contributed by atoms with van der Waals surface area (Å²) in [6.45, 7) is 7.12. The summed E-state index contributed by atoms with van der Waals surface area (Å²) >= 11 is 3.58. The lowest BCUT2D eigenvalue weighted by atomic mass is 10.0. The third-order valence-electron chi connectivity index (χ3n) is 3.82. The highest BCUT2D eigenvalue weighted by molar-refractivity contribution is 9.10. The molecular weight excluding hydrogens is 300 g/mol. The van der Waals surface area contributed by atoms with Gasteiger partial charge in [-0.1, -0.05) is 35.0 Å². The van der Waals surface area contributed by atoms with Crippen molar-refractivity contribution in [1.29, 1.82) is 0 Å². The molecule has 0 amide bonds. The molecule has 0 aromatic heterocycles. The van der Waals surface area contributed by atoms with E-state index >= 15 is 0 Å². The Bertz CT molecular complexity index is 375. The van der Waals surface area contributed by atoms with Crippen LogP contribution in [0.2, 0.25) is 0 Å². The first-order valence-corrected chi connectivity index (χ1v) is 8.30. The number of halogens is 1. The number of benzene rings is 1. The fraction of sp³-hybridized carbons (Fsp3) is 0.625. The number of nitrogens with zero attached hydrogens (tertiary/aromatic N) is 1. The van der Waals surface area contributed by atoms with Gasteiger partial charge in [0.2, 0.25) is 0 Å². The van der Waals surface area contributed by atoms with Crippen molar-refractivity contribution in [3.63, 3.8) is 0 Å². The molecule has 1 aromatic carbocycles. The van der Waals surface area contributed by atoms with Crippen LogP contribution in [0.1, 0.15) is 44.2 Å². The Morgan fingerprint density at radius 1 is 1.32 bits per heavy atom. The Hall–Kier alpha value is -0.380. The van der Waals surface area contributed by atoms with Crippen LogP contribution in [0, 0.1) is 0 Å². The summed E-state index contributed by atoms with van der Waals surface area (Å²) in [5.41, 5.74) is 1.40. The van der Waals surface area contributed by atoms with Crippen molar-refractivity contribution in [3.05, 3.63) is 34.3 Å². The molecule has 0 aliphatic carbocycles. The first-order valence-electron chi connectivity index (χ1n) is 7.51. The van der Waals surface area contributed by atoms with Crippen molar-refractivity contribution in [2.45, 2.75) is 38.6 Å². The van der Waals surface area contributed by atoms with Crippen LogP contribution in [0.4, 0.5) is 0 Å². The average molecular weight is 325 g/mol. The van der Waals surface area contributed by atoms with Gasteiger partial charge >= 0.3 is 0 Å². The van der Waals surface area contributed by atoms with E-state index in [0.29, 0.717) is 6.04 Å². The summed E-state index contributed by atoms with van der Waals surface area (Å²) in [5, 5.41) is 3.69. The lowest BCUT2D eigenvalue weighted by Gasteiger charge is -2.22. The van der Waals surface area contributed by atoms with E-state index in [1.54, 1.807) is 0 Å². The molecular formula is C16H25BrN2. The summed E-state index contributed by atoms with van der Waals surface area (Å²) in [4.78, 5) is 2.60. The van der Waals surface area contributed by atoms with Crippen LogP contribution in [-0.4, -0.2) is 31.1 Å². The quantitative estimate of drug-likeness (QED) is 0.816. The molecule has 3 heteroatoms. The van der Waals surface area contributed by atoms with E-state index in [9.17, 15) is 0 Å². The summed E-state index contributed by atoms with van der Waals surface area (Å²) in [7, 11) is 0. The van der Waals surface area contributed by atoms with Crippen LogP contribution < -0.4 is 5.32 Å². The molecule has 1 saturated heterocycles. The summed E-state index contributed by atoms with van der Waals surface area (Å²) < 4.78 is 1.18. The molecule has 0 saturated carbocycles. The van der Waals surface area contributed by atoms with Crippen LogP contribution in [0.3, 0.4) is 0 Å². The molecule has 1 unspecified atom stereocenters. The van der Waals surface area contributed by atoms with Crippen LogP contribution in [0.15, 0.2) is 28.7 Å². The first kappa shape index (κ1) is 15.0. The van der Waals surface area contributed by atoms with Crippen molar-refractivity contribution in [1.82, 2.24) is 10.2 Å². The molecule has 1 N–H and O–H groups in total. The Kier molecular flexibility index (Phi) is 6.35. The molecule has 1 heterocycles. The number of nitrogens with one attached hydrogen (secondary N) is 1. The zero-order valence-electron chi connectivity index (χ0n) is 11.9. The molecule has 2 rings (SSSR count). The van der Waals surface area contributed by atoms with Crippen molar-refractivity contribution in [2.75, 3.05) is 26.2 Å². The van der Waals surface area contributed by atoms with Crippen molar-refractivity contribution in [3.8, 4) is 0 Å². The Balaban J connectivity index is 1.94. The molecule has 0 radical (unpaired) electrons. The van der Waals surface area contributed by atoms with Gasteiger partial charge in [0, 0.05) is 10.5 Å². The Morgan fingerprint density at radius 3 is 2.79 bits per heavy atom.